The lowest BCUT2D eigenvalue weighted by molar-refractivity contribution is -0.137. The van der Waals surface area contributed by atoms with E-state index in [4.69, 9.17) is 5.11 Å². The van der Waals surface area contributed by atoms with Gasteiger partial charge in [0, 0.05) is 18.9 Å². The quantitative estimate of drug-likeness (QED) is 0.835. The summed E-state index contributed by atoms with van der Waals surface area (Å²) in [5.41, 5.74) is 0.411. The molecule has 0 bridgehead atoms. The van der Waals surface area contributed by atoms with Gasteiger partial charge in [0.1, 0.15) is 6.54 Å². The molecule has 1 aromatic rings. The number of pyridine rings is 1. The molecule has 17 heavy (non-hydrogen) atoms. The number of carboxylic acids is 1. The van der Waals surface area contributed by atoms with Crippen LogP contribution in [0.1, 0.15) is 24.2 Å². The monoisotopic (exact) mass is 236 g/mol. The average molecular weight is 236 g/mol. The zero-order chi connectivity index (χ0) is 12.8. The van der Waals surface area contributed by atoms with E-state index in [9.17, 15) is 9.59 Å². The van der Waals surface area contributed by atoms with Crippen LogP contribution < -0.4 is 0 Å². The maximum atomic E-state index is 12.0. The third kappa shape index (κ3) is 4.22. The van der Waals surface area contributed by atoms with Crippen LogP contribution >= 0.6 is 0 Å². The fourth-order valence-corrected chi connectivity index (χ4v) is 1.50. The van der Waals surface area contributed by atoms with E-state index in [1.165, 1.54) is 11.1 Å². The summed E-state index contributed by atoms with van der Waals surface area (Å²) in [5.74, 6) is -1.09. The molecule has 5 heteroatoms. The number of carbonyl (C=O) groups excluding carboxylic acids is 1. The number of aliphatic carboxylic acids is 1. The molecule has 0 saturated carbocycles. The fourth-order valence-electron chi connectivity index (χ4n) is 1.50. The summed E-state index contributed by atoms with van der Waals surface area (Å²) in [7, 11) is 0. The second-order valence-corrected chi connectivity index (χ2v) is 4.21. The SMILES string of the molecule is CC(C)CN(CC(=O)O)C(=O)c1cccnc1. The molecule has 1 rings (SSSR count). The zero-order valence-corrected chi connectivity index (χ0v) is 9.96. The van der Waals surface area contributed by atoms with Crippen molar-refractivity contribution in [2.75, 3.05) is 13.1 Å². The van der Waals surface area contributed by atoms with Crippen molar-refractivity contribution in [3.63, 3.8) is 0 Å². The number of hydrogen-bond donors (Lipinski definition) is 1. The average Bonchev–Trinajstić information content (AvgIpc) is 2.27. The first-order valence-electron chi connectivity index (χ1n) is 5.41. The van der Waals surface area contributed by atoms with Crippen molar-refractivity contribution < 1.29 is 14.7 Å². The van der Waals surface area contributed by atoms with E-state index >= 15 is 0 Å². The fraction of sp³-hybridized carbons (Fsp3) is 0.417. The summed E-state index contributed by atoms with van der Waals surface area (Å²) >= 11 is 0. The Hall–Kier alpha value is -1.91. The summed E-state index contributed by atoms with van der Waals surface area (Å²) in [6.45, 7) is 4.00. The van der Waals surface area contributed by atoms with Crippen LogP contribution in [0.3, 0.4) is 0 Å². The number of rotatable bonds is 5. The van der Waals surface area contributed by atoms with Gasteiger partial charge in [0.05, 0.1) is 5.56 Å². The molecule has 0 aliphatic carbocycles. The lowest BCUT2D eigenvalue weighted by atomic mass is 10.2. The summed E-state index contributed by atoms with van der Waals surface area (Å²) < 4.78 is 0. The molecule has 0 spiro atoms. The molecule has 1 heterocycles. The van der Waals surface area contributed by atoms with E-state index in [0.717, 1.165) is 0 Å². The molecule has 1 amide bonds. The molecule has 0 atom stereocenters. The van der Waals surface area contributed by atoms with Gasteiger partial charge >= 0.3 is 5.97 Å². The third-order valence-electron chi connectivity index (χ3n) is 2.11. The third-order valence-corrected chi connectivity index (χ3v) is 2.11. The smallest absolute Gasteiger partial charge is 0.323 e. The van der Waals surface area contributed by atoms with Crippen LogP contribution in [0.25, 0.3) is 0 Å². The van der Waals surface area contributed by atoms with E-state index in [-0.39, 0.29) is 18.4 Å². The molecule has 0 aliphatic rings. The minimum Gasteiger partial charge on any atom is -0.480 e. The highest BCUT2D eigenvalue weighted by molar-refractivity contribution is 5.95. The first-order chi connectivity index (χ1) is 8.00. The summed E-state index contributed by atoms with van der Waals surface area (Å²) in [4.78, 5) is 27.9. The van der Waals surface area contributed by atoms with Gasteiger partial charge in [-0.15, -0.1) is 0 Å². The summed E-state index contributed by atoms with van der Waals surface area (Å²) in [6.07, 6.45) is 3.01. The minimum absolute atomic E-state index is 0.218. The lowest BCUT2D eigenvalue weighted by Gasteiger charge is -2.22. The molecule has 1 N–H and O–H groups in total. The Morgan fingerprint density at radius 3 is 2.65 bits per heavy atom. The van der Waals surface area contributed by atoms with E-state index < -0.39 is 5.97 Å². The van der Waals surface area contributed by atoms with Gasteiger partial charge in [0.2, 0.25) is 0 Å². The zero-order valence-electron chi connectivity index (χ0n) is 9.96. The van der Waals surface area contributed by atoms with Gasteiger partial charge in [0.25, 0.3) is 5.91 Å². The van der Waals surface area contributed by atoms with Crippen LogP contribution in [0.4, 0.5) is 0 Å². The number of hydrogen-bond acceptors (Lipinski definition) is 3. The van der Waals surface area contributed by atoms with Crippen LogP contribution in [-0.2, 0) is 4.79 Å². The molecular weight excluding hydrogens is 220 g/mol. The maximum Gasteiger partial charge on any atom is 0.323 e. The van der Waals surface area contributed by atoms with Crippen LogP contribution in [-0.4, -0.2) is 40.0 Å². The summed E-state index contributed by atoms with van der Waals surface area (Å²) in [5, 5.41) is 8.78. The first-order valence-corrected chi connectivity index (χ1v) is 5.41. The Balaban J connectivity index is 2.82. The second-order valence-electron chi connectivity index (χ2n) is 4.21. The lowest BCUT2D eigenvalue weighted by Crippen LogP contribution is -2.38. The number of carbonyl (C=O) groups is 2. The normalized spacial score (nSPS) is 10.3. The molecule has 0 saturated heterocycles. The predicted molar refractivity (Wildman–Crippen MR) is 62.6 cm³/mol. The Bertz CT molecular complexity index is 390. The largest absolute Gasteiger partial charge is 0.480 e. The number of amides is 1. The van der Waals surface area contributed by atoms with Crippen molar-refractivity contribution >= 4 is 11.9 Å². The van der Waals surface area contributed by atoms with Crippen molar-refractivity contribution in [3.8, 4) is 0 Å². The molecule has 1 aromatic heterocycles. The highest BCUT2D eigenvalue weighted by Crippen LogP contribution is 2.06. The standard InChI is InChI=1S/C12H16N2O3/c1-9(2)7-14(8-11(15)16)12(17)10-4-3-5-13-6-10/h3-6,9H,7-8H2,1-2H3,(H,15,16). The van der Waals surface area contributed by atoms with Crippen LogP contribution in [0, 0.1) is 5.92 Å². The van der Waals surface area contributed by atoms with E-state index in [1.807, 2.05) is 13.8 Å². The first kappa shape index (κ1) is 13.2. The van der Waals surface area contributed by atoms with E-state index in [1.54, 1.807) is 18.3 Å². The highest BCUT2D eigenvalue weighted by Gasteiger charge is 2.19. The molecule has 0 fully saturated rings. The Labute approximate surface area is 100 Å². The van der Waals surface area contributed by atoms with E-state index in [0.29, 0.717) is 12.1 Å². The van der Waals surface area contributed by atoms with Crippen molar-refractivity contribution in [2.24, 2.45) is 5.92 Å². The molecule has 0 radical (unpaired) electrons. The number of carboxylic acid groups (broad SMARTS) is 1. The molecule has 0 aliphatic heterocycles. The highest BCUT2D eigenvalue weighted by atomic mass is 16.4. The van der Waals surface area contributed by atoms with Crippen LogP contribution in [0.15, 0.2) is 24.5 Å². The van der Waals surface area contributed by atoms with Gasteiger partial charge in [-0.25, -0.2) is 0 Å². The van der Waals surface area contributed by atoms with E-state index in [2.05, 4.69) is 4.98 Å². The van der Waals surface area contributed by atoms with Gasteiger partial charge in [-0.3, -0.25) is 14.6 Å². The Morgan fingerprint density at radius 2 is 2.18 bits per heavy atom. The van der Waals surface area contributed by atoms with Crippen LogP contribution in [0.2, 0.25) is 0 Å². The molecule has 0 aromatic carbocycles. The summed E-state index contributed by atoms with van der Waals surface area (Å²) in [6, 6.07) is 3.28. The van der Waals surface area contributed by atoms with Crippen molar-refractivity contribution in [1.82, 2.24) is 9.88 Å². The van der Waals surface area contributed by atoms with Gasteiger partial charge in [0.15, 0.2) is 0 Å². The topological polar surface area (TPSA) is 70.5 Å². The van der Waals surface area contributed by atoms with Crippen molar-refractivity contribution in [1.29, 1.82) is 0 Å². The van der Waals surface area contributed by atoms with Crippen molar-refractivity contribution in [2.45, 2.75) is 13.8 Å². The van der Waals surface area contributed by atoms with Gasteiger partial charge in [-0.05, 0) is 18.1 Å². The van der Waals surface area contributed by atoms with Gasteiger partial charge in [-0.2, -0.15) is 0 Å². The van der Waals surface area contributed by atoms with Gasteiger partial charge < -0.3 is 10.0 Å². The molecule has 92 valence electrons. The van der Waals surface area contributed by atoms with Crippen LogP contribution in [0.5, 0.6) is 0 Å². The van der Waals surface area contributed by atoms with Crippen molar-refractivity contribution in [3.05, 3.63) is 30.1 Å². The number of aromatic nitrogens is 1. The van der Waals surface area contributed by atoms with Gasteiger partial charge in [-0.1, -0.05) is 13.8 Å². The maximum absolute atomic E-state index is 12.0. The molecular formula is C12H16N2O3. The predicted octanol–water partition coefficient (Wildman–Crippen LogP) is 1.26. The Kier molecular flexibility index (Phi) is 4.63. The minimum atomic E-state index is -1.01. The molecule has 5 nitrogen and oxygen atoms in total. The second kappa shape index (κ2) is 5.98. The number of nitrogens with zero attached hydrogens (tertiary/aromatic N) is 2. The Morgan fingerprint density at radius 1 is 1.47 bits per heavy atom. The molecule has 0 unspecified atom stereocenters.